The third-order valence-corrected chi connectivity index (χ3v) is 3.10. The lowest BCUT2D eigenvalue weighted by Gasteiger charge is -2.26. The normalized spacial score (nSPS) is 31.3. The number of nitrogens with zero attached hydrogens (tertiary/aromatic N) is 1. The van der Waals surface area contributed by atoms with Gasteiger partial charge in [-0.15, -0.1) is 0 Å². The minimum absolute atomic E-state index is 0.169. The van der Waals surface area contributed by atoms with E-state index in [0.717, 1.165) is 32.4 Å². The lowest BCUT2D eigenvalue weighted by atomic mass is 10.1. The molecule has 0 aromatic heterocycles. The van der Waals surface area contributed by atoms with Gasteiger partial charge in [-0.2, -0.15) is 0 Å². The lowest BCUT2D eigenvalue weighted by molar-refractivity contribution is -0.146. The second-order valence-electron chi connectivity index (χ2n) is 3.95. The molecule has 2 bridgehead atoms. The van der Waals surface area contributed by atoms with Crippen LogP contribution in [0.4, 0.5) is 0 Å². The van der Waals surface area contributed by atoms with Crippen LogP contribution in [0.1, 0.15) is 19.3 Å². The van der Waals surface area contributed by atoms with E-state index in [1.54, 1.807) is 4.90 Å². The van der Waals surface area contributed by atoms with Crippen molar-refractivity contribution in [1.29, 1.82) is 0 Å². The van der Waals surface area contributed by atoms with Crippen molar-refractivity contribution in [2.45, 2.75) is 31.3 Å². The van der Waals surface area contributed by atoms with Crippen LogP contribution in [0.2, 0.25) is 0 Å². The lowest BCUT2D eigenvalue weighted by Crippen LogP contribution is -2.47. The Kier molecular flexibility index (Phi) is 2.41. The third-order valence-electron chi connectivity index (χ3n) is 3.10. The Labute approximate surface area is 82.6 Å². The molecule has 2 heterocycles. The summed E-state index contributed by atoms with van der Waals surface area (Å²) in [7, 11) is 0. The Morgan fingerprint density at radius 2 is 1.93 bits per heavy atom. The highest BCUT2D eigenvalue weighted by atomic mass is 16.2. The molecule has 2 amide bonds. The van der Waals surface area contributed by atoms with Crippen molar-refractivity contribution in [2.24, 2.45) is 5.73 Å². The molecule has 0 aromatic rings. The molecule has 0 aromatic carbocycles. The standard InChI is InChI=1S/C9H15N3O2/c10-8(13)9(14)12-6-1-2-7(12)5-11-4-3-6/h6-7,11H,1-5H2,(H2,10,13)/t6-,7+/m1/s1. The summed E-state index contributed by atoms with van der Waals surface area (Å²) in [6, 6.07) is 0.387. The van der Waals surface area contributed by atoms with E-state index in [1.165, 1.54) is 0 Å². The van der Waals surface area contributed by atoms with Gasteiger partial charge in [-0.1, -0.05) is 0 Å². The van der Waals surface area contributed by atoms with E-state index in [2.05, 4.69) is 5.32 Å². The fraction of sp³-hybridized carbons (Fsp3) is 0.778. The first-order chi connectivity index (χ1) is 6.70. The van der Waals surface area contributed by atoms with E-state index in [9.17, 15) is 9.59 Å². The van der Waals surface area contributed by atoms with Crippen LogP contribution in [-0.2, 0) is 9.59 Å². The number of fused-ring (bicyclic) bond motifs is 2. The quantitative estimate of drug-likeness (QED) is 0.480. The van der Waals surface area contributed by atoms with E-state index in [-0.39, 0.29) is 12.1 Å². The van der Waals surface area contributed by atoms with Crippen LogP contribution in [0.3, 0.4) is 0 Å². The highest BCUT2D eigenvalue weighted by Crippen LogP contribution is 2.27. The van der Waals surface area contributed by atoms with Crippen LogP contribution in [0, 0.1) is 0 Å². The molecule has 78 valence electrons. The molecule has 2 fully saturated rings. The van der Waals surface area contributed by atoms with Gasteiger partial charge in [-0.25, -0.2) is 0 Å². The predicted molar refractivity (Wildman–Crippen MR) is 50.3 cm³/mol. The number of hydrogen-bond acceptors (Lipinski definition) is 3. The van der Waals surface area contributed by atoms with Crippen molar-refractivity contribution in [3.63, 3.8) is 0 Å². The Bertz CT molecular complexity index is 253. The molecule has 0 aliphatic carbocycles. The zero-order valence-corrected chi connectivity index (χ0v) is 8.03. The molecular weight excluding hydrogens is 182 g/mol. The van der Waals surface area contributed by atoms with Gasteiger partial charge in [0.25, 0.3) is 0 Å². The van der Waals surface area contributed by atoms with E-state index in [4.69, 9.17) is 5.73 Å². The number of carbonyl (C=O) groups is 2. The molecule has 14 heavy (non-hydrogen) atoms. The largest absolute Gasteiger partial charge is 0.361 e. The van der Waals surface area contributed by atoms with Crippen molar-refractivity contribution in [3.8, 4) is 0 Å². The van der Waals surface area contributed by atoms with Crippen LogP contribution in [0.15, 0.2) is 0 Å². The maximum atomic E-state index is 11.5. The molecule has 2 aliphatic heterocycles. The number of rotatable bonds is 0. The molecule has 0 unspecified atom stereocenters. The zero-order chi connectivity index (χ0) is 10.1. The average molecular weight is 197 g/mol. The molecule has 5 nitrogen and oxygen atoms in total. The second-order valence-corrected chi connectivity index (χ2v) is 3.95. The fourth-order valence-electron chi connectivity index (χ4n) is 2.44. The van der Waals surface area contributed by atoms with Gasteiger partial charge in [0, 0.05) is 18.6 Å². The molecule has 5 heteroatoms. The predicted octanol–water partition coefficient (Wildman–Crippen LogP) is -1.18. The molecule has 2 atom stereocenters. The second kappa shape index (κ2) is 3.57. The summed E-state index contributed by atoms with van der Waals surface area (Å²) < 4.78 is 0. The van der Waals surface area contributed by atoms with E-state index in [1.807, 2.05) is 0 Å². The number of hydrogen-bond donors (Lipinski definition) is 2. The van der Waals surface area contributed by atoms with Crippen LogP contribution in [0.25, 0.3) is 0 Å². The van der Waals surface area contributed by atoms with E-state index < -0.39 is 11.8 Å². The minimum Gasteiger partial charge on any atom is -0.361 e. The summed E-state index contributed by atoms with van der Waals surface area (Å²) >= 11 is 0. The van der Waals surface area contributed by atoms with Crippen LogP contribution in [-0.4, -0.2) is 41.9 Å². The van der Waals surface area contributed by atoms with Crippen LogP contribution < -0.4 is 11.1 Å². The van der Waals surface area contributed by atoms with Gasteiger partial charge in [0.2, 0.25) is 0 Å². The molecule has 3 N–H and O–H groups in total. The Morgan fingerprint density at radius 3 is 2.64 bits per heavy atom. The molecule has 0 saturated carbocycles. The average Bonchev–Trinajstić information content (AvgIpc) is 2.38. The molecule has 0 spiro atoms. The first-order valence-corrected chi connectivity index (χ1v) is 5.03. The Morgan fingerprint density at radius 1 is 1.21 bits per heavy atom. The van der Waals surface area contributed by atoms with Gasteiger partial charge in [-0.05, 0) is 25.8 Å². The number of amides is 2. The molecule has 2 saturated heterocycles. The van der Waals surface area contributed by atoms with Crippen LogP contribution in [0.5, 0.6) is 0 Å². The Hall–Kier alpha value is -1.10. The maximum absolute atomic E-state index is 11.5. The van der Waals surface area contributed by atoms with Gasteiger partial charge in [0.15, 0.2) is 0 Å². The van der Waals surface area contributed by atoms with E-state index in [0.29, 0.717) is 0 Å². The fourth-order valence-corrected chi connectivity index (χ4v) is 2.44. The molecule has 2 aliphatic rings. The number of nitrogens with two attached hydrogens (primary N) is 1. The van der Waals surface area contributed by atoms with Crippen molar-refractivity contribution in [3.05, 3.63) is 0 Å². The first kappa shape index (κ1) is 9.45. The SMILES string of the molecule is NC(=O)C(=O)N1[C@H]2CCNC[C@@H]1CC2. The molecule has 0 radical (unpaired) electrons. The van der Waals surface area contributed by atoms with Gasteiger partial charge >= 0.3 is 11.8 Å². The topological polar surface area (TPSA) is 75.4 Å². The highest BCUT2D eigenvalue weighted by Gasteiger charge is 2.39. The first-order valence-electron chi connectivity index (χ1n) is 5.03. The highest BCUT2D eigenvalue weighted by molar-refractivity contribution is 6.34. The zero-order valence-electron chi connectivity index (χ0n) is 8.03. The minimum atomic E-state index is -0.830. The smallest absolute Gasteiger partial charge is 0.312 e. The van der Waals surface area contributed by atoms with Crippen LogP contribution >= 0.6 is 0 Å². The van der Waals surface area contributed by atoms with Crippen molar-refractivity contribution in [1.82, 2.24) is 10.2 Å². The number of carbonyl (C=O) groups excluding carboxylic acids is 2. The molecule has 2 rings (SSSR count). The number of primary amides is 1. The van der Waals surface area contributed by atoms with Crippen molar-refractivity contribution in [2.75, 3.05) is 13.1 Å². The summed E-state index contributed by atoms with van der Waals surface area (Å²) in [5.74, 6) is -1.34. The van der Waals surface area contributed by atoms with Gasteiger partial charge in [0.1, 0.15) is 0 Å². The summed E-state index contributed by atoms with van der Waals surface area (Å²) in [6.07, 6.45) is 2.91. The summed E-state index contributed by atoms with van der Waals surface area (Å²) in [5, 5.41) is 3.26. The molecular formula is C9H15N3O2. The summed E-state index contributed by atoms with van der Waals surface area (Å²) in [5.41, 5.74) is 5.02. The summed E-state index contributed by atoms with van der Waals surface area (Å²) in [4.78, 5) is 24.1. The number of nitrogens with one attached hydrogen (secondary N) is 1. The van der Waals surface area contributed by atoms with Crippen molar-refractivity contribution >= 4 is 11.8 Å². The van der Waals surface area contributed by atoms with E-state index >= 15 is 0 Å². The van der Waals surface area contributed by atoms with Crippen molar-refractivity contribution < 1.29 is 9.59 Å². The maximum Gasteiger partial charge on any atom is 0.312 e. The van der Waals surface area contributed by atoms with Gasteiger partial charge < -0.3 is 16.0 Å². The van der Waals surface area contributed by atoms with Gasteiger partial charge in [0.05, 0.1) is 0 Å². The summed E-state index contributed by atoms with van der Waals surface area (Å²) in [6.45, 7) is 1.71. The third kappa shape index (κ3) is 1.48. The monoisotopic (exact) mass is 197 g/mol. The van der Waals surface area contributed by atoms with Gasteiger partial charge in [-0.3, -0.25) is 9.59 Å². The Balaban J connectivity index is 2.16.